The van der Waals surface area contributed by atoms with Crippen molar-refractivity contribution in [1.82, 2.24) is 0 Å². The van der Waals surface area contributed by atoms with Gasteiger partial charge in [-0.2, -0.15) is 0 Å². The zero-order valence-electron chi connectivity index (χ0n) is 16.3. The zero-order valence-corrected chi connectivity index (χ0v) is 16.3. The predicted octanol–water partition coefficient (Wildman–Crippen LogP) is 6.54. The van der Waals surface area contributed by atoms with E-state index in [1.807, 2.05) is 0 Å². The topological polar surface area (TPSA) is 9.23 Å². The Hall–Kier alpha value is -2.54. The van der Waals surface area contributed by atoms with E-state index < -0.39 is 0 Å². The van der Waals surface area contributed by atoms with Crippen LogP contribution in [0.15, 0.2) is 54.6 Å². The average Bonchev–Trinajstić information content (AvgIpc) is 2.98. The third-order valence-electron chi connectivity index (χ3n) is 5.35. The van der Waals surface area contributed by atoms with E-state index in [9.17, 15) is 0 Å². The number of rotatable bonds is 2. The van der Waals surface area contributed by atoms with E-state index in [-0.39, 0.29) is 5.41 Å². The molecule has 3 aromatic carbocycles. The molecule has 4 rings (SSSR count). The molecule has 3 aromatic rings. The quantitative estimate of drug-likeness (QED) is 0.402. The van der Waals surface area contributed by atoms with Crippen LogP contribution in [0.4, 0.5) is 0 Å². The van der Waals surface area contributed by atoms with E-state index in [0.29, 0.717) is 0 Å². The minimum absolute atomic E-state index is 0.0408. The second kappa shape index (κ2) is 6.02. The zero-order chi connectivity index (χ0) is 18.5. The van der Waals surface area contributed by atoms with Crippen molar-refractivity contribution in [1.29, 1.82) is 0 Å². The van der Waals surface area contributed by atoms with Crippen LogP contribution in [0.2, 0.25) is 0 Å². The summed E-state index contributed by atoms with van der Waals surface area (Å²) in [6.07, 6.45) is 1.01. The Morgan fingerprint density at radius 1 is 0.808 bits per heavy atom. The first-order valence-corrected chi connectivity index (χ1v) is 9.29. The lowest BCUT2D eigenvalue weighted by Crippen LogP contribution is -2.13. The fourth-order valence-corrected chi connectivity index (χ4v) is 4.08. The van der Waals surface area contributed by atoms with Crippen LogP contribution in [0.25, 0.3) is 22.3 Å². The Morgan fingerprint density at radius 2 is 1.54 bits per heavy atom. The highest BCUT2D eigenvalue weighted by Crippen LogP contribution is 2.43. The fourth-order valence-electron chi connectivity index (χ4n) is 4.08. The molecule has 0 unspecified atom stereocenters. The number of hydrogen-bond acceptors (Lipinski definition) is 1. The van der Waals surface area contributed by atoms with Gasteiger partial charge in [-0.1, -0.05) is 69.3 Å². The lowest BCUT2D eigenvalue weighted by atomic mass is 9.83. The minimum atomic E-state index is 0.0408. The van der Waals surface area contributed by atoms with Gasteiger partial charge in [-0.15, -0.1) is 0 Å². The summed E-state index contributed by atoms with van der Waals surface area (Å²) in [5.41, 5.74) is 10.6. The van der Waals surface area contributed by atoms with E-state index >= 15 is 0 Å². The highest BCUT2D eigenvalue weighted by atomic mass is 16.5. The summed E-state index contributed by atoms with van der Waals surface area (Å²) in [5.74, 6) is 0.999. The molecule has 0 saturated carbocycles. The maximum absolute atomic E-state index is 5.89. The standard InChI is InChI=1S/C25H26O/c1-16-12-22(24(26-5)23(13-16)25(2,3)4)18-10-11-21-19(15-18)14-17-8-6-7-9-20(17)21/h6-13,15H,14H2,1-5H3. The monoisotopic (exact) mass is 342 g/mol. The summed E-state index contributed by atoms with van der Waals surface area (Å²) in [4.78, 5) is 0. The Balaban J connectivity index is 1.88. The van der Waals surface area contributed by atoms with Crippen molar-refractivity contribution >= 4 is 0 Å². The molecular formula is C25H26O. The number of benzene rings is 3. The van der Waals surface area contributed by atoms with Crippen molar-refractivity contribution in [3.05, 3.63) is 76.9 Å². The van der Waals surface area contributed by atoms with E-state index in [4.69, 9.17) is 4.74 Å². The average molecular weight is 342 g/mol. The minimum Gasteiger partial charge on any atom is -0.496 e. The van der Waals surface area contributed by atoms with Gasteiger partial charge in [-0.05, 0) is 58.2 Å². The molecule has 1 nitrogen and oxygen atoms in total. The lowest BCUT2D eigenvalue weighted by Gasteiger charge is -2.25. The smallest absolute Gasteiger partial charge is 0.130 e. The second-order valence-corrected chi connectivity index (χ2v) is 8.35. The molecule has 0 atom stereocenters. The fraction of sp³-hybridized carbons (Fsp3) is 0.280. The normalized spacial score (nSPS) is 12.7. The number of methoxy groups -OCH3 is 1. The molecule has 0 fully saturated rings. The third-order valence-corrected chi connectivity index (χ3v) is 5.35. The van der Waals surface area contributed by atoms with Gasteiger partial charge in [0.25, 0.3) is 0 Å². The molecule has 0 aliphatic heterocycles. The molecule has 0 radical (unpaired) electrons. The summed E-state index contributed by atoms with van der Waals surface area (Å²) in [5, 5.41) is 0. The first kappa shape index (κ1) is 16.9. The first-order chi connectivity index (χ1) is 12.4. The second-order valence-electron chi connectivity index (χ2n) is 8.35. The number of ether oxygens (including phenoxy) is 1. The van der Waals surface area contributed by atoms with Crippen molar-refractivity contribution in [3.63, 3.8) is 0 Å². The van der Waals surface area contributed by atoms with Gasteiger partial charge in [0.1, 0.15) is 5.75 Å². The molecule has 0 N–H and O–H groups in total. The van der Waals surface area contributed by atoms with Gasteiger partial charge in [0, 0.05) is 11.1 Å². The summed E-state index contributed by atoms with van der Waals surface area (Å²) in [6, 6.07) is 20.1. The van der Waals surface area contributed by atoms with Gasteiger partial charge in [0.15, 0.2) is 0 Å². The summed E-state index contributed by atoms with van der Waals surface area (Å²) in [6.45, 7) is 8.90. The maximum atomic E-state index is 5.89. The van der Waals surface area contributed by atoms with Gasteiger partial charge >= 0.3 is 0 Å². The molecule has 0 amide bonds. The molecule has 1 aliphatic carbocycles. The Bertz CT molecular complexity index is 990. The lowest BCUT2D eigenvalue weighted by molar-refractivity contribution is 0.399. The molecule has 26 heavy (non-hydrogen) atoms. The van der Waals surface area contributed by atoms with Crippen molar-refractivity contribution in [2.45, 2.75) is 39.5 Å². The molecule has 0 spiro atoms. The van der Waals surface area contributed by atoms with Crippen molar-refractivity contribution in [3.8, 4) is 28.0 Å². The van der Waals surface area contributed by atoms with Crippen LogP contribution in [0.5, 0.6) is 5.75 Å². The van der Waals surface area contributed by atoms with Crippen LogP contribution in [0, 0.1) is 6.92 Å². The van der Waals surface area contributed by atoms with Crippen molar-refractivity contribution in [2.75, 3.05) is 7.11 Å². The van der Waals surface area contributed by atoms with Crippen LogP contribution < -0.4 is 4.74 Å². The highest BCUT2D eigenvalue weighted by molar-refractivity contribution is 5.82. The molecule has 0 heterocycles. The molecule has 1 aliphatic rings. The third kappa shape index (κ3) is 2.72. The van der Waals surface area contributed by atoms with Crippen LogP contribution in [0.3, 0.4) is 0 Å². The van der Waals surface area contributed by atoms with E-state index in [0.717, 1.165) is 12.2 Å². The molecule has 0 bridgehead atoms. The summed E-state index contributed by atoms with van der Waals surface area (Å²) >= 11 is 0. The molecule has 0 saturated heterocycles. The number of fused-ring (bicyclic) bond motifs is 3. The van der Waals surface area contributed by atoms with Gasteiger partial charge in [0.2, 0.25) is 0 Å². The Labute approximate surface area is 156 Å². The summed E-state index contributed by atoms with van der Waals surface area (Å²) < 4.78 is 5.89. The molecule has 132 valence electrons. The maximum Gasteiger partial charge on any atom is 0.130 e. The van der Waals surface area contributed by atoms with Crippen molar-refractivity contribution in [2.24, 2.45) is 0 Å². The summed E-state index contributed by atoms with van der Waals surface area (Å²) in [7, 11) is 1.78. The molecule has 1 heteroatoms. The van der Waals surface area contributed by atoms with Crippen LogP contribution in [-0.4, -0.2) is 7.11 Å². The SMILES string of the molecule is COc1c(-c2ccc3c(c2)Cc2ccccc2-3)cc(C)cc1C(C)(C)C. The Morgan fingerprint density at radius 3 is 2.27 bits per heavy atom. The van der Waals surface area contributed by atoms with E-state index in [1.54, 1.807) is 7.11 Å². The predicted molar refractivity (Wildman–Crippen MR) is 110 cm³/mol. The molecule has 0 aromatic heterocycles. The van der Waals surface area contributed by atoms with Gasteiger partial charge in [-0.3, -0.25) is 0 Å². The van der Waals surface area contributed by atoms with Crippen LogP contribution in [0.1, 0.15) is 43.0 Å². The number of hydrogen-bond donors (Lipinski definition) is 0. The number of aryl methyl sites for hydroxylation is 1. The largest absolute Gasteiger partial charge is 0.496 e. The van der Waals surface area contributed by atoms with Crippen LogP contribution >= 0.6 is 0 Å². The highest BCUT2D eigenvalue weighted by Gasteiger charge is 2.24. The Kier molecular flexibility index (Phi) is 3.91. The molecular weight excluding hydrogens is 316 g/mol. The van der Waals surface area contributed by atoms with Gasteiger partial charge in [0.05, 0.1) is 7.11 Å². The van der Waals surface area contributed by atoms with Gasteiger partial charge in [-0.25, -0.2) is 0 Å². The van der Waals surface area contributed by atoms with E-state index in [2.05, 4.69) is 82.3 Å². The van der Waals surface area contributed by atoms with Gasteiger partial charge < -0.3 is 4.74 Å². The van der Waals surface area contributed by atoms with E-state index in [1.165, 1.54) is 44.5 Å². The van der Waals surface area contributed by atoms with Crippen molar-refractivity contribution < 1.29 is 4.74 Å². The van der Waals surface area contributed by atoms with Crippen LogP contribution in [-0.2, 0) is 11.8 Å². The first-order valence-electron chi connectivity index (χ1n) is 9.29.